The number of nitrogens with zero attached hydrogens (tertiary/aromatic N) is 5. The maximum atomic E-state index is 14.9. The molecule has 2 fully saturated rings. The van der Waals surface area contributed by atoms with Crippen LogP contribution in [-0.4, -0.2) is 51.4 Å². The van der Waals surface area contributed by atoms with Gasteiger partial charge in [0.2, 0.25) is 0 Å². The third-order valence-electron chi connectivity index (χ3n) is 6.50. The van der Waals surface area contributed by atoms with Crippen molar-refractivity contribution in [2.45, 2.75) is 31.8 Å². The minimum Gasteiger partial charge on any atom is -0.355 e. The molecule has 2 aliphatic rings. The lowest BCUT2D eigenvalue weighted by molar-refractivity contribution is 0.0679. The van der Waals surface area contributed by atoms with Crippen LogP contribution >= 0.6 is 0 Å². The number of hydrogen-bond acceptors (Lipinski definition) is 5. The van der Waals surface area contributed by atoms with Gasteiger partial charge in [-0.15, -0.1) is 0 Å². The van der Waals surface area contributed by atoms with Gasteiger partial charge in [-0.05, 0) is 49.4 Å². The predicted octanol–water partition coefficient (Wildman–Crippen LogP) is 3.73. The number of benzene rings is 1. The van der Waals surface area contributed by atoms with Crippen molar-refractivity contribution in [3.63, 3.8) is 0 Å². The first kappa shape index (κ1) is 19.6. The molecule has 3 heterocycles. The summed E-state index contributed by atoms with van der Waals surface area (Å²) in [5.74, 6) is 0.827. The van der Waals surface area contributed by atoms with Gasteiger partial charge < -0.3 is 9.80 Å². The third-order valence-corrected chi connectivity index (χ3v) is 6.50. The van der Waals surface area contributed by atoms with E-state index < -0.39 is 5.82 Å². The molecule has 2 aromatic heterocycles. The molecule has 7 heteroatoms. The summed E-state index contributed by atoms with van der Waals surface area (Å²) >= 11 is 0. The molecule has 1 aromatic carbocycles. The number of aryl methyl sites for hydroxylation is 1. The van der Waals surface area contributed by atoms with Crippen LogP contribution in [0.25, 0.3) is 11.4 Å². The Morgan fingerprint density at radius 3 is 2.61 bits per heavy atom. The maximum Gasteiger partial charge on any atom is 0.257 e. The Morgan fingerprint density at radius 2 is 1.90 bits per heavy atom. The summed E-state index contributed by atoms with van der Waals surface area (Å²) in [6, 6.07) is 10.6. The van der Waals surface area contributed by atoms with Crippen molar-refractivity contribution in [2.75, 3.05) is 18.5 Å². The molecule has 1 aliphatic heterocycles. The zero-order valence-electron chi connectivity index (χ0n) is 17.6. The quantitative estimate of drug-likeness (QED) is 0.647. The molecule has 1 saturated carbocycles. The fourth-order valence-electron chi connectivity index (χ4n) is 4.99. The Balaban J connectivity index is 1.46. The number of rotatable bonds is 4. The third kappa shape index (κ3) is 3.44. The number of aromatic nitrogens is 3. The van der Waals surface area contributed by atoms with Gasteiger partial charge in [-0.1, -0.05) is 18.2 Å². The number of fused-ring (bicyclic) bond motifs is 2. The summed E-state index contributed by atoms with van der Waals surface area (Å²) in [6.07, 6.45) is 6.98. The number of carbonyl (C=O) groups is 1. The highest BCUT2D eigenvalue weighted by atomic mass is 19.1. The summed E-state index contributed by atoms with van der Waals surface area (Å²) in [4.78, 5) is 30.6. The maximum absolute atomic E-state index is 14.9. The van der Waals surface area contributed by atoms with Crippen molar-refractivity contribution in [1.82, 2.24) is 19.9 Å². The van der Waals surface area contributed by atoms with Crippen LogP contribution in [0.15, 0.2) is 55.0 Å². The molecule has 0 N–H and O–H groups in total. The van der Waals surface area contributed by atoms with Crippen LogP contribution < -0.4 is 4.90 Å². The minimum absolute atomic E-state index is 0.0229. The molecular formula is C24H24FN5O. The van der Waals surface area contributed by atoms with Crippen LogP contribution in [0.5, 0.6) is 0 Å². The molecule has 6 nitrogen and oxygen atoms in total. The van der Waals surface area contributed by atoms with Gasteiger partial charge in [-0.3, -0.25) is 4.79 Å². The molecule has 5 rings (SSSR count). The highest BCUT2D eigenvalue weighted by Gasteiger charge is 2.49. The molecule has 0 spiro atoms. The fourth-order valence-corrected chi connectivity index (χ4v) is 4.99. The topological polar surface area (TPSA) is 62.2 Å². The van der Waals surface area contributed by atoms with E-state index in [9.17, 15) is 9.18 Å². The number of carbonyl (C=O) groups excluding carboxylic acids is 1. The molecule has 3 atom stereocenters. The van der Waals surface area contributed by atoms with E-state index in [1.54, 1.807) is 30.6 Å². The summed E-state index contributed by atoms with van der Waals surface area (Å²) in [5, 5.41) is 0. The van der Waals surface area contributed by atoms with Crippen molar-refractivity contribution in [1.29, 1.82) is 0 Å². The van der Waals surface area contributed by atoms with Gasteiger partial charge in [0.15, 0.2) is 5.82 Å². The number of amides is 1. The second-order valence-corrected chi connectivity index (χ2v) is 8.47. The molecule has 1 aliphatic carbocycles. The molecule has 158 valence electrons. The Kier molecular flexibility index (Phi) is 4.88. The van der Waals surface area contributed by atoms with Gasteiger partial charge in [-0.25, -0.2) is 19.3 Å². The van der Waals surface area contributed by atoms with Gasteiger partial charge in [0, 0.05) is 37.7 Å². The Bertz CT molecular complexity index is 1100. The van der Waals surface area contributed by atoms with E-state index >= 15 is 0 Å². The standard InChI is InChI=1S/C24H24FN5O/c1-15-7-8-21(28-13-15)29(2)19-11-16-12-20(19)30(14-16)24(31)22-17(5-3-6-18(22)25)23-26-9-4-10-27-23/h3-10,13,16,19-20H,11-12,14H2,1-2H3. The van der Waals surface area contributed by atoms with E-state index in [2.05, 4.69) is 19.9 Å². The SMILES string of the molecule is Cc1ccc(N(C)C2CC3CC2N(C(=O)c2c(F)cccc2-c2ncccn2)C3)nc1. The smallest absolute Gasteiger partial charge is 0.257 e. The molecule has 31 heavy (non-hydrogen) atoms. The number of likely N-dealkylation sites (tertiary alicyclic amines) is 1. The van der Waals surface area contributed by atoms with Crippen LogP contribution in [0.2, 0.25) is 0 Å². The van der Waals surface area contributed by atoms with Crippen LogP contribution in [0.1, 0.15) is 28.8 Å². The summed E-state index contributed by atoms with van der Waals surface area (Å²) < 4.78 is 14.9. The van der Waals surface area contributed by atoms with E-state index in [1.165, 1.54) is 6.07 Å². The summed E-state index contributed by atoms with van der Waals surface area (Å²) in [7, 11) is 2.03. The predicted molar refractivity (Wildman–Crippen MR) is 116 cm³/mol. The second kappa shape index (κ2) is 7.72. The largest absolute Gasteiger partial charge is 0.355 e. The molecule has 0 radical (unpaired) electrons. The van der Waals surface area contributed by atoms with Gasteiger partial charge in [-0.2, -0.15) is 0 Å². The first-order valence-electron chi connectivity index (χ1n) is 10.6. The monoisotopic (exact) mass is 417 g/mol. The van der Waals surface area contributed by atoms with Gasteiger partial charge in [0.05, 0.1) is 17.6 Å². The average molecular weight is 417 g/mol. The number of halogens is 1. The first-order valence-corrected chi connectivity index (χ1v) is 10.6. The van der Waals surface area contributed by atoms with Crippen molar-refractivity contribution >= 4 is 11.7 Å². The molecule has 1 saturated heterocycles. The van der Waals surface area contributed by atoms with E-state index in [0.717, 1.165) is 24.2 Å². The van der Waals surface area contributed by atoms with Gasteiger partial charge >= 0.3 is 0 Å². The zero-order chi connectivity index (χ0) is 21.5. The molecule has 1 amide bonds. The number of hydrogen-bond donors (Lipinski definition) is 0. The second-order valence-electron chi connectivity index (χ2n) is 8.47. The van der Waals surface area contributed by atoms with E-state index in [4.69, 9.17) is 0 Å². The van der Waals surface area contributed by atoms with E-state index in [-0.39, 0.29) is 23.6 Å². The lowest BCUT2D eigenvalue weighted by Gasteiger charge is -2.39. The van der Waals surface area contributed by atoms with Crippen LogP contribution in [0.3, 0.4) is 0 Å². The fraction of sp³-hybridized carbons (Fsp3) is 0.333. The highest BCUT2D eigenvalue weighted by molar-refractivity contribution is 6.01. The van der Waals surface area contributed by atoms with Crippen molar-refractivity contribution in [3.05, 3.63) is 71.9 Å². The molecular weight excluding hydrogens is 393 g/mol. The van der Waals surface area contributed by atoms with E-state index in [0.29, 0.717) is 23.9 Å². The Labute approximate surface area is 180 Å². The average Bonchev–Trinajstić information content (AvgIpc) is 3.40. The van der Waals surface area contributed by atoms with Crippen molar-refractivity contribution in [2.24, 2.45) is 5.92 Å². The molecule has 2 bridgehead atoms. The Hall–Kier alpha value is -3.35. The van der Waals surface area contributed by atoms with Crippen molar-refractivity contribution in [3.8, 4) is 11.4 Å². The minimum atomic E-state index is -0.539. The summed E-state index contributed by atoms with van der Waals surface area (Å²) in [6.45, 7) is 2.66. The number of piperidine rings is 1. The number of anilines is 1. The van der Waals surface area contributed by atoms with Crippen LogP contribution in [0, 0.1) is 18.7 Å². The normalized spacial score (nSPS) is 22.0. The van der Waals surface area contributed by atoms with E-state index in [1.807, 2.05) is 37.2 Å². The first-order chi connectivity index (χ1) is 15.0. The molecule has 3 unspecified atom stereocenters. The molecule has 3 aromatic rings. The Morgan fingerprint density at radius 1 is 1.10 bits per heavy atom. The van der Waals surface area contributed by atoms with Crippen molar-refractivity contribution < 1.29 is 9.18 Å². The number of likely N-dealkylation sites (N-methyl/N-ethyl adjacent to an activating group) is 1. The van der Waals surface area contributed by atoms with Gasteiger partial charge in [0.25, 0.3) is 5.91 Å². The zero-order valence-corrected chi connectivity index (χ0v) is 17.6. The summed E-state index contributed by atoms with van der Waals surface area (Å²) in [5.41, 5.74) is 1.59. The highest BCUT2D eigenvalue weighted by Crippen LogP contribution is 2.42. The lowest BCUT2D eigenvalue weighted by Crippen LogP contribution is -2.51. The lowest BCUT2D eigenvalue weighted by atomic mass is 10.0. The van der Waals surface area contributed by atoms with Crippen LogP contribution in [0.4, 0.5) is 10.2 Å². The van der Waals surface area contributed by atoms with Crippen LogP contribution in [-0.2, 0) is 0 Å². The number of pyridine rings is 1. The van der Waals surface area contributed by atoms with Gasteiger partial charge in [0.1, 0.15) is 11.6 Å².